The smallest absolute Gasteiger partial charge is 0.439 e. The van der Waals surface area contributed by atoms with Gasteiger partial charge < -0.3 is 15.1 Å². The summed E-state index contributed by atoms with van der Waals surface area (Å²) in [6.07, 6.45) is 2.64. The van der Waals surface area contributed by atoms with Crippen LogP contribution in [0.4, 0.5) is 0 Å². The zero-order valence-corrected chi connectivity index (χ0v) is 20.1. The molecule has 6 rings (SSSR count). The van der Waals surface area contributed by atoms with Gasteiger partial charge >= 0.3 is 5.76 Å². The van der Waals surface area contributed by atoms with Crippen LogP contribution in [0.2, 0.25) is 0 Å². The van der Waals surface area contributed by atoms with Gasteiger partial charge in [-0.25, -0.2) is 19.7 Å². The van der Waals surface area contributed by atoms with E-state index in [4.69, 9.17) is 4.42 Å². The number of fused-ring (bicyclic) bond motifs is 2. The average Bonchev–Trinajstić information content (AvgIpc) is 3.64. The maximum atomic E-state index is 13.0. The van der Waals surface area contributed by atoms with E-state index < -0.39 is 17.6 Å². The monoisotopic (exact) mass is 511 g/mol. The predicted molar refractivity (Wildman–Crippen MR) is 133 cm³/mol. The first-order valence-corrected chi connectivity index (χ1v) is 11.9. The minimum atomic E-state index is -0.619. The largest absolute Gasteiger partial charge is 0.441 e. The highest BCUT2D eigenvalue weighted by Gasteiger charge is 2.26. The molecule has 0 saturated carbocycles. The Morgan fingerprint density at radius 3 is 2.74 bits per heavy atom. The number of hydrogen-bond donors (Lipinski definition) is 3. The van der Waals surface area contributed by atoms with Crippen molar-refractivity contribution in [3.05, 3.63) is 93.3 Å². The molecule has 0 unspecified atom stereocenters. The van der Waals surface area contributed by atoms with Gasteiger partial charge in [0.15, 0.2) is 17.3 Å². The Morgan fingerprint density at radius 2 is 1.92 bits per heavy atom. The summed E-state index contributed by atoms with van der Waals surface area (Å²) in [6, 6.07) is 12.3. The number of carbonyl (C=O) groups excluding carboxylic acids is 2. The molecule has 2 aromatic carbocycles. The molecular weight excluding hydrogens is 490 g/mol. The van der Waals surface area contributed by atoms with E-state index in [0.29, 0.717) is 29.2 Å². The Kier molecular flexibility index (Phi) is 5.75. The number of rotatable bonds is 6. The highest BCUT2D eigenvalue weighted by molar-refractivity contribution is 5.97. The van der Waals surface area contributed by atoms with Crippen molar-refractivity contribution in [3.8, 4) is 11.4 Å². The number of aromatic amines is 1. The van der Waals surface area contributed by atoms with Gasteiger partial charge in [0.05, 0.1) is 6.04 Å². The Balaban J connectivity index is 1.11. The van der Waals surface area contributed by atoms with E-state index in [9.17, 15) is 14.4 Å². The average molecular weight is 511 g/mol. The Hall–Kier alpha value is -5.13. The zero-order valence-electron chi connectivity index (χ0n) is 20.1. The van der Waals surface area contributed by atoms with Crippen LogP contribution in [-0.2, 0) is 13.0 Å². The molecule has 1 aliphatic rings. The molecule has 0 saturated heterocycles. The third-order valence-corrected chi connectivity index (χ3v) is 6.38. The summed E-state index contributed by atoms with van der Waals surface area (Å²) in [4.78, 5) is 51.8. The van der Waals surface area contributed by atoms with Gasteiger partial charge in [0.2, 0.25) is 0 Å². The lowest BCUT2D eigenvalue weighted by molar-refractivity contribution is 0.0931. The van der Waals surface area contributed by atoms with Gasteiger partial charge in [-0.1, -0.05) is 23.4 Å². The Morgan fingerprint density at radius 1 is 1.08 bits per heavy atom. The van der Waals surface area contributed by atoms with E-state index in [-0.39, 0.29) is 24.0 Å². The maximum absolute atomic E-state index is 13.0. The topological polar surface area (TPSA) is 169 Å². The molecular formula is C26H21N7O5. The van der Waals surface area contributed by atoms with Crippen LogP contribution >= 0.6 is 0 Å². The van der Waals surface area contributed by atoms with Crippen LogP contribution < -0.4 is 16.4 Å². The van der Waals surface area contributed by atoms with Gasteiger partial charge in [0.1, 0.15) is 23.2 Å². The molecule has 0 spiro atoms. The van der Waals surface area contributed by atoms with Crippen LogP contribution in [0, 0.1) is 6.92 Å². The third-order valence-electron chi connectivity index (χ3n) is 6.38. The first-order chi connectivity index (χ1) is 18.4. The fraction of sp³-hybridized carbons (Fsp3) is 0.192. The number of carbonyl (C=O) groups is 2. The Labute approximate surface area is 214 Å². The van der Waals surface area contributed by atoms with Gasteiger partial charge in [0.25, 0.3) is 11.8 Å². The van der Waals surface area contributed by atoms with Crippen molar-refractivity contribution in [1.82, 2.24) is 35.7 Å². The van der Waals surface area contributed by atoms with Gasteiger partial charge in [-0.05, 0) is 47.7 Å². The zero-order chi connectivity index (χ0) is 26.2. The molecule has 3 heterocycles. The highest BCUT2D eigenvalue weighted by atomic mass is 16.5. The van der Waals surface area contributed by atoms with Crippen molar-refractivity contribution in [3.63, 3.8) is 0 Å². The van der Waals surface area contributed by atoms with E-state index in [2.05, 4.69) is 40.2 Å². The lowest BCUT2D eigenvalue weighted by Gasteiger charge is -2.14. The second-order valence-electron chi connectivity index (χ2n) is 8.93. The van der Waals surface area contributed by atoms with Crippen molar-refractivity contribution in [2.45, 2.75) is 32.4 Å². The number of oxazole rings is 1. The number of benzene rings is 2. The number of aryl methyl sites for hydroxylation is 2. The second-order valence-corrected chi connectivity index (χ2v) is 8.93. The molecule has 38 heavy (non-hydrogen) atoms. The summed E-state index contributed by atoms with van der Waals surface area (Å²) < 4.78 is 10.1. The van der Waals surface area contributed by atoms with E-state index in [1.807, 2.05) is 30.3 Å². The van der Waals surface area contributed by atoms with E-state index in [1.165, 1.54) is 12.4 Å². The van der Waals surface area contributed by atoms with Gasteiger partial charge in [0, 0.05) is 25.1 Å². The molecule has 3 aromatic heterocycles. The first kappa shape index (κ1) is 23.3. The molecule has 3 N–H and O–H groups in total. The summed E-state index contributed by atoms with van der Waals surface area (Å²) in [7, 11) is 0. The molecule has 1 aliphatic carbocycles. The normalized spacial score (nSPS) is 14.4. The number of nitrogens with zero attached hydrogens (tertiary/aromatic N) is 4. The van der Waals surface area contributed by atoms with Crippen molar-refractivity contribution in [2.75, 3.05) is 0 Å². The molecule has 5 aromatic rings. The molecule has 190 valence electrons. The van der Waals surface area contributed by atoms with Crippen LogP contribution in [0.25, 0.3) is 22.5 Å². The summed E-state index contributed by atoms with van der Waals surface area (Å²) in [5, 5.41) is 9.51. The van der Waals surface area contributed by atoms with Crippen molar-refractivity contribution in [2.24, 2.45) is 0 Å². The van der Waals surface area contributed by atoms with Gasteiger partial charge in [-0.3, -0.25) is 19.1 Å². The van der Waals surface area contributed by atoms with Crippen LogP contribution in [0.3, 0.4) is 0 Å². The molecule has 1 atom stereocenters. The number of aromatic nitrogens is 5. The Bertz CT molecular complexity index is 1750. The fourth-order valence-corrected chi connectivity index (χ4v) is 4.58. The number of nitrogens with one attached hydrogen (secondary N) is 3. The van der Waals surface area contributed by atoms with Crippen LogP contribution in [0.1, 0.15) is 56.0 Å². The lowest BCUT2D eigenvalue weighted by atomic mass is 10.0. The standard InChI is InChI=1S/C26H21N7O5/c1-13-30-19-8-14(2-7-22(19)37-13)11-27-24(34)20-10-21(29-12-28-20)25(35)31-18-6-4-15-9-16(3-5-17(15)18)23-32-26(36)38-33-23/h2-3,5,7-10,12,18H,4,6,11H2,1H3,(H,27,34)(H,31,35)(H,32,33,36)/t18-/m0/s1. The molecule has 0 aliphatic heterocycles. The van der Waals surface area contributed by atoms with Crippen molar-refractivity contribution >= 4 is 22.9 Å². The van der Waals surface area contributed by atoms with E-state index in [1.54, 1.807) is 13.0 Å². The fourth-order valence-electron chi connectivity index (χ4n) is 4.58. The van der Waals surface area contributed by atoms with Crippen molar-refractivity contribution in [1.29, 1.82) is 0 Å². The second kappa shape index (κ2) is 9.39. The van der Waals surface area contributed by atoms with Gasteiger partial charge in [-0.15, -0.1) is 0 Å². The van der Waals surface area contributed by atoms with Crippen LogP contribution in [0.5, 0.6) is 0 Å². The summed E-state index contributed by atoms with van der Waals surface area (Å²) >= 11 is 0. The summed E-state index contributed by atoms with van der Waals surface area (Å²) in [5.74, 6) is -0.529. The summed E-state index contributed by atoms with van der Waals surface area (Å²) in [6.45, 7) is 2.03. The molecule has 0 fully saturated rings. The number of H-pyrrole nitrogens is 1. The number of amides is 2. The van der Waals surface area contributed by atoms with Crippen LogP contribution in [-0.4, -0.2) is 36.9 Å². The van der Waals surface area contributed by atoms with E-state index >= 15 is 0 Å². The highest BCUT2D eigenvalue weighted by Crippen LogP contribution is 2.33. The molecule has 0 radical (unpaired) electrons. The molecule has 0 bridgehead atoms. The maximum Gasteiger partial charge on any atom is 0.439 e. The minimum absolute atomic E-state index is 0.0848. The quantitative estimate of drug-likeness (QED) is 0.310. The first-order valence-electron chi connectivity index (χ1n) is 11.9. The van der Waals surface area contributed by atoms with Gasteiger partial charge in [-0.2, -0.15) is 0 Å². The molecule has 2 amide bonds. The predicted octanol–water partition coefficient (Wildman–Crippen LogP) is 2.62. The van der Waals surface area contributed by atoms with Crippen molar-refractivity contribution < 1.29 is 18.5 Å². The SMILES string of the molecule is Cc1nc2cc(CNC(=O)c3cc(C(=O)N[C@H]4CCc5cc(-c6noc(=O)[nH]6)ccc54)ncn3)ccc2o1. The lowest BCUT2D eigenvalue weighted by Crippen LogP contribution is -2.29. The summed E-state index contributed by atoms with van der Waals surface area (Å²) in [5.41, 5.74) is 5.16. The molecule has 12 nitrogen and oxygen atoms in total. The third kappa shape index (κ3) is 4.54. The van der Waals surface area contributed by atoms with E-state index in [0.717, 1.165) is 28.7 Å². The number of hydrogen-bond acceptors (Lipinski definition) is 9. The van der Waals surface area contributed by atoms with Crippen LogP contribution in [0.15, 0.2) is 62.5 Å². The molecule has 12 heteroatoms. The minimum Gasteiger partial charge on any atom is -0.441 e.